The van der Waals surface area contributed by atoms with Crippen molar-refractivity contribution in [2.75, 3.05) is 82.0 Å². The van der Waals surface area contributed by atoms with Crippen molar-refractivity contribution in [2.24, 2.45) is 0 Å². The Labute approximate surface area is 258 Å². The van der Waals surface area contributed by atoms with Gasteiger partial charge in [-0.15, -0.1) is 0 Å². The summed E-state index contributed by atoms with van der Waals surface area (Å²) in [5.74, 6) is 2.26. The SMILES string of the molecule is CCN(CC)C(=O)OCC1CN(C(=O)c2cc(OC)c(OC)c(OC)c2)CCN1C(=S)c1cc(OC)c(OC)c(OC)c1. The maximum absolute atomic E-state index is 13.8. The van der Waals surface area contributed by atoms with Crippen molar-refractivity contribution in [3.63, 3.8) is 0 Å². The standard InChI is InChI=1S/C30H41N3O9S/c1-9-31(10-2)30(35)42-18-21-17-32(28(34)19-13-22(36-3)26(40-7)23(14-19)37-4)11-12-33(21)29(43)20-15-24(38-5)27(41-8)25(16-20)39-6/h13-16,21H,9-12,17-18H2,1-8H3. The number of methoxy groups -OCH3 is 6. The molecule has 1 aliphatic heterocycles. The van der Waals surface area contributed by atoms with Crippen molar-refractivity contribution in [3.05, 3.63) is 35.4 Å². The van der Waals surface area contributed by atoms with E-state index >= 15 is 0 Å². The Hall–Kier alpha value is -4.13. The van der Waals surface area contributed by atoms with Crippen molar-refractivity contribution in [3.8, 4) is 34.5 Å². The number of thiocarbonyl (C=S) groups is 1. The molecular formula is C30H41N3O9S. The fourth-order valence-corrected chi connectivity index (χ4v) is 5.31. The van der Waals surface area contributed by atoms with Gasteiger partial charge in [0, 0.05) is 43.9 Å². The predicted octanol–water partition coefficient (Wildman–Crippen LogP) is 3.72. The molecule has 0 aliphatic carbocycles. The lowest BCUT2D eigenvalue weighted by Crippen LogP contribution is -2.58. The zero-order valence-corrected chi connectivity index (χ0v) is 26.9. The molecule has 0 spiro atoms. The van der Waals surface area contributed by atoms with Crippen LogP contribution < -0.4 is 28.4 Å². The molecule has 1 atom stereocenters. The topological polar surface area (TPSA) is 108 Å². The lowest BCUT2D eigenvalue weighted by atomic mass is 10.1. The molecule has 2 amide bonds. The first-order valence-electron chi connectivity index (χ1n) is 13.8. The maximum atomic E-state index is 13.8. The van der Waals surface area contributed by atoms with E-state index in [1.807, 2.05) is 18.7 Å². The molecule has 3 rings (SSSR count). The number of ether oxygens (including phenoxy) is 7. The summed E-state index contributed by atoms with van der Waals surface area (Å²) in [6.07, 6.45) is -0.434. The average molecular weight is 620 g/mol. The van der Waals surface area contributed by atoms with Crippen molar-refractivity contribution in [1.29, 1.82) is 0 Å². The summed E-state index contributed by atoms with van der Waals surface area (Å²) in [5, 5.41) is 0. The van der Waals surface area contributed by atoms with Crippen LogP contribution >= 0.6 is 12.2 Å². The van der Waals surface area contributed by atoms with Gasteiger partial charge in [0.2, 0.25) is 11.5 Å². The summed E-state index contributed by atoms with van der Waals surface area (Å²) in [7, 11) is 9.09. The van der Waals surface area contributed by atoms with Crippen LogP contribution in [0.25, 0.3) is 0 Å². The van der Waals surface area contributed by atoms with Crippen LogP contribution in [0.15, 0.2) is 24.3 Å². The van der Waals surface area contributed by atoms with E-state index < -0.39 is 12.1 Å². The summed E-state index contributed by atoms with van der Waals surface area (Å²) in [4.78, 5) is 32.3. The van der Waals surface area contributed by atoms with Crippen LogP contribution in [0.2, 0.25) is 0 Å². The molecule has 1 unspecified atom stereocenters. The van der Waals surface area contributed by atoms with E-state index in [1.54, 1.807) is 34.1 Å². The molecule has 12 nitrogen and oxygen atoms in total. The van der Waals surface area contributed by atoms with Crippen LogP contribution in [0.5, 0.6) is 34.5 Å². The largest absolute Gasteiger partial charge is 0.493 e. The van der Waals surface area contributed by atoms with Crippen LogP contribution in [0, 0.1) is 0 Å². The normalized spacial score (nSPS) is 14.5. The molecule has 236 valence electrons. The summed E-state index contributed by atoms with van der Waals surface area (Å²) in [6, 6.07) is 6.34. The Morgan fingerprint density at radius 2 is 1.23 bits per heavy atom. The van der Waals surface area contributed by atoms with Gasteiger partial charge >= 0.3 is 6.09 Å². The van der Waals surface area contributed by atoms with Gasteiger partial charge in [-0.25, -0.2) is 4.79 Å². The van der Waals surface area contributed by atoms with Gasteiger partial charge < -0.3 is 47.9 Å². The van der Waals surface area contributed by atoms with Crippen molar-refractivity contribution >= 4 is 29.2 Å². The molecular weight excluding hydrogens is 578 g/mol. The highest BCUT2D eigenvalue weighted by Gasteiger charge is 2.34. The monoisotopic (exact) mass is 619 g/mol. The van der Waals surface area contributed by atoms with Crippen molar-refractivity contribution < 1.29 is 42.7 Å². The zero-order chi connectivity index (χ0) is 31.7. The lowest BCUT2D eigenvalue weighted by molar-refractivity contribution is 0.0425. The Kier molecular flexibility index (Phi) is 11.9. The quantitative estimate of drug-likeness (QED) is 0.325. The molecule has 0 aromatic heterocycles. The second-order valence-corrected chi connectivity index (χ2v) is 9.87. The molecule has 0 radical (unpaired) electrons. The molecule has 13 heteroatoms. The molecule has 0 N–H and O–H groups in total. The van der Waals surface area contributed by atoms with E-state index in [4.69, 9.17) is 45.4 Å². The number of hydrogen-bond donors (Lipinski definition) is 0. The highest BCUT2D eigenvalue weighted by Crippen LogP contribution is 2.40. The van der Waals surface area contributed by atoms with E-state index in [9.17, 15) is 9.59 Å². The Bertz CT molecular complexity index is 1250. The first kappa shape index (κ1) is 33.4. The van der Waals surface area contributed by atoms with Gasteiger partial charge in [-0.1, -0.05) is 12.2 Å². The van der Waals surface area contributed by atoms with E-state index in [1.165, 1.54) is 42.7 Å². The zero-order valence-electron chi connectivity index (χ0n) is 26.1. The molecule has 43 heavy (non-hydrogen) atoms. The summed E-state index contributed by atoms with van der Waals surface area (Å²) >= 11 is 5.95. The van der Waals surface area contributed by atoms with Gasteiger partial charge in [-0.3, -0.25) is 4.79 Å². The number of benzene rings is 2. The Balaban J connectivity index is 1.95. The highest BCUT2D eigenvalue weighted by atomic mass is 32.1. The number of piperazine rings is 1. The van der Waals surface area contributed by atoms with Crippen molar-refractivity contribution in [1.82, 2.24) is 14.7 Å². The molecule has 2 aromatic rings. The number of rotatable bonds is 12. The third kappa shape index (κ3) is 7.27. The van der Waals surface area contributed by atoms with Gasteiger partial charge in [-0.2, -0.15) is 0 Å². The number of amides is 2. The fraction of sp³-hybridized carbons (Fsp3) is 0.500. The van der Waals surface area contributed by atoms with Crippen LogP contribution in [0.4, 0.5) is 4.79 Å². The van der Waals surface area contributed by atoms with E-state index in [0.717, 1.165) is 0 Å². The number of carbonyl (C=O) groups excluding carboxylic acids is 2. The molecule has 1 fully saturated rings. The van der Waals surface area contributed by atoms with Crippen LogP contribution in [0.3, 0.4) is 0 Å². The van der Waals surface area contributed by atoms with Crippen molar-refractivity contribution in [2.45, 2.75) is 19.9 Å². The Morgan fingerprint density at radius 3 is 1.65 bits per heavy atom. The van der Waals surface area contributed by atoms with Crippen LogP contribution in [0.1, 0.15) is 29.8 Å². The smallest absolute Gasteiger partial charge is 0.409 e. The van der Waals surface area contributed by atoms with Gasteiger partial charge in [0.05, 0.1) is 48.7 Å². The molecule has 0 saturated carbocycles. The Morgan fingerprint density at radius 1 is 0.767 bits per heavy atom. The highest BCUT2D eigenvalue weighted by molar-refractivity contribution is 7.80. The van der Waals surface area contributed by atoms with E-state index in [2.05, 4.69) is 0 Å². The molecule has 1 saturated heterocycles. The number of hydrogen-bond acceptors (Lipinski definition) is 10. The summed E-state index contributed by atoms with van der Waals surface area (Å²) in [6.45, 7) is 5.80. The number of nitrogens with zero attached hydrogens (tertiary/aromatic N) is 3. The fourth-order valence-electron chi connectivity index (χ4n) is 4.95. The first-order chi connectivity index (χ1) is 20.7. The maximum Gasteiger partial charge on any atom is 0.409 e. The van der Waals surface area contributed by atoms with Gasteiger partial charge in [0.15, 0.2) is 23.0 Å². The third-order valence-corrected chi connectivity index (χ3v) is 7.75. The van der Waals surface area contributed by atoms with E-state index in [0.29, 0.717) is 76.8 Å². The molecule has 1 aliphatic rings. The molecule has 2 aromatic carbocycles. The second-order valence-electron chi connectivity index (χ2n) is 9.48. The minimum atomic E-state index is -0.439. The first-order valence-corrected chi connectivity index (χ1v) is 14.2. The minimum Gasteiger partial charge on any atom is -0.493 e. The summed E-state index contributed by atoms with van der Waals surface area (Å²) < 4.78 is 38.5. The molecule has 0 bridgehead atoms. The second kappa shape index (κ2) is 15.4. The van der Waals surface area contributed by atoms with Gasteiger partial charge in [0.25, 0.3) is 5.91 Å². The average Bonchev–Trinajstić information content (AvgIpc) is 3.05. The third-order valence-electron chi connectivity index (χ3n) is 7.27. The minimum absolute atomic E-state index is 0.0128. The lowest BCUT2D eigenvalue weighted by Gasteiger charge is -2.42. The number of carbonyl (C=O) groups is 2. The predicted molar refractivity (Wildman–Crippen MR) is 165 cm³/mol. The van der Waals surface area contributed by atoms with Gasteiger partial charge in [-0.05, 0) is 38.1 Å². The van der Waals surface area contributed by atoms with Crippen LogP contribution in [-0.4, -0.2) is 120 Å². The van der Waals surface area contributed by atoms with Gasteiger partial charge in [0.1, 0.15) is 11.6 Å². The summed E-state index contributed by atoms with van der Waals surface area (Å²) in [5.41, 5.74) is 1.03. The van der Waals surface area contributed by atoms with E-state index in [-0.39, 0.29) is 19.1 Å². The molecule has 1 heterocycles. The van der Waals surface area contributed by atoms with Crippen LogP contribution in [-0.2, 0) is 4.74 Å².